The van der Waals surface area contributed by atoms with Crippen molar-refractivity contribution in [3.8, 4) is 11.3 Å². The van der Waals surface area contributed by atoms with E-state index >= 15 is 0 Å². The summed E-state index contributed by atoms with van der Waals surface area (Å²) in [5.74, 6) is 0.711. The lowest BCUT2D eigenvalue weighted by molar-refractivity contribution is 0.570. The molecule has 1 atom stereocenters. The second-order valence-electron chi connectivity index (χ2n) is 5.45. The Morgan fingerprint density at radius 3 is 2.95 bits per heavy atom. The summed E-state index contributed by atoms with van der Waals surface area (Å²) in [6, 6.07) is 0. The third kappa shape index (κ3) is 3.04. The van der Waals surface area contributed by atoms with Gasteiger partial charge >= 0.3 is 0 Å². The average molecular weight is 271 g/mol. The van der Waals surface area contributed by atoms with E-state index in [0.29, 0.717) is 5.92 Å². The fourth-order valence-corrected chi connectivity index (χ4v) is 2.64. The molecule has 20 heavy (non-hydrogen) atoms. The van der Waals surface area contributed by atoms with Crippen LogP contribution in [0.5, 0.6) is 0 Å². The van der Waals surface area contributed by atoms with Crippen molar-refractivity contribution in [2.45, 2.75) is 32.7 Å². The molecular weight excluding hydrogens is 250 g/mol. The minimum atomic E-state index is 0.711. The van der Waals surface area contributed by atoms with Crippen LogP contribution in [0, 0.1) is 5.92 Å². The predicted molar refractivity (Wildman–Crippen MR) is 78.2 cm³/mol. The van der Waals surface area contributed by atoms with Gasteiger partial charge in [0.1, 0.15) is 0 Å². The van der Waals surface area contributed by atoms with E-state index in [-0.39, 0.29) is 0 Å². The Hall–Kier alpha value is -1.75. The zero-order valence-corrected chi connectivity index (χ0v) is 11.9. The van der Waals surface area contributed by atoms with Crippen molar-refractivity contribution < 1.29 is 0 Å². The summed E-state index contributed by atoms with van der Waals surface area (Å²) in [4.78, 5) is 9.07. The van der Waals surface area contributed by atoms with Gasteiger partial charge in [0, 0.05) is 24.5 Å². The van der Waals surface area contributed by atoms with Gasteiger partial charge < -0.3 is 5.32 Å². The molecule has 1 saturated heterocycles. The van der Waals surface area contributed by atoms with Crippen LogP contribution in [0.1, 0.15) is 25.5 Å². The van der Waals surface area contributed by atoms with Gasteiger partial charge in [-0.3, -0.25) is 14.6 Å². The predicted octanol–water partition coefficient (Wildman–Crippen LogP) is 1.90. The first-order chi connectivity index (χ1) is 9.85. The van der Waals surface area contributed by atoms with Crippen LogP contribution in [-0.2, 0) is 13.0 Å². The van der Waals surface area contributed by atoms with Crippen molar-refractivity contribution in [2.24, 2.45) is 5.92 Å². The molecule has 1 aliphatic rings. The molecule has 1 fully saturated rings. The highest BCUT2D eigenvalue weighted by atomic mass is 15.3. The van der Waals surface area contributed by atoms with Crippen molar-refractivity contribution >= 4 is 0 Å². The summed E-state index contributed by atoms with van der Waals surface area (Å²) in [5.41, 5.74) is 3.03. The van der Waals surface area contributed by atoms with Crippen LogP contribution >= 0.6 is 0 Å². The zero-order chi connectivity index (χ0) is 13.8. The molecule has 0 bridgehead atoms. The minimum Gasteiger partial charge on any atom is -0.316 e. The number of aromatic nitrogens is 4. The van der Waals surface area contributed by atoms with E-state index < -0.39 is 0 Å². The number of rotatable bonds is 5. The second kappa shape index (κ2) is 6.13. The fourth-order valence-electron chi connectivity index (χ4n) is 2.64. The molecule has 5 heteroatoms. The summed E-state index contributed by atoms with van der Waals surface area (Å²) in [5, 5.41) is 7.71. The van der Waals surface area contributed by atoms with Crippen LogP contribution in [0.15, 0.2) is 24.8 Å². The van der Waals surface area contributed by atoms with E-state index in [1.807, 2.05) is 29.5 Å². The highest BCUT2D eigenvalue weighted by Crippen LogP contribution is 2.17. The van der Waals surface area contributed by atoms with E-state index in [0.717, 1.165) is 49.4 Å². The van der Waals surface area contributed by atoms with E-state index in [4.69, 9.17) is 0 Å². The molecular formula is C15H21N5. The van der Waals surface area contributed by atoms with Crippen molar-refractivity contribution in [1.82, 2.24) is 25.1 Å². The smallest absolute Gasteiger partial charge is 0.0916 e. The fraction of sp³-hybridized carbons (Fsp3) is 0.533. The lowest BCUT2D eigenvalue weighted by Crippen LogP contribution is -2.11. The highest BCUT2D eigenvalue weighted by molar-refractivity contribution is 5.55. The summed E-state index contributed by atoms with van der Waals surface area (Å²) in [6.07, 6.45) is 11.0. The average Bonchev–Trinajstić information content (AvgIpc) is 3.12. The highest BCUT2D eigenvalue weighted by Gasteiger charge is 2.15. The first-order valence-corrected chi connectivity index (χ1v) is 7.39. The van der Waals surface area contributed by atoms with Gasteiger partial charge in [-0.2, -0.15) is 5.10 Å². The van der Waals surface area contributed by atoms with Gasteiger partial charge in [-0.05, 0) is 38.3 Å². The van der Waals surface area contributed by atoms with Crippen molar-refractivity contribution in [1.29, 1.82) is 0 Å². The molecule has 2 aromatic rings. The van der Waals surface area contributed by atoms with Crippen molar-refractivity contribution in [3.63, 3.8) is 0 Å². The molecule has 3 rings (SSSR count). The van der Waals surface area contributed by atoms with Gasteiger partial charge in [0.15, 0.2) is 0 Å². The standard InChI is InChI=1S/C15H21N5/c1-2-5-20-11-13(8-19-20)15-10-17-14(9-18-15)6-12-3-4-16-7-12/h8-12,16H,2-7H2,1H3. The molecule has 0 spiro atoms. The maximum atomic E-state index is 4.55. The number of nitrogens with one attached hydrogen (secondary N) is 1. The van der Waals surface area contributed by atoms with Gasteiger partial charge in [-0.1, -0.05) is 6.92 Å². The quantitative estimate of drug-likeness (QED) is 0.902. The second-order valence-corrected chi connectivity index (χ2v) is 5.45. The van der Waals surface area contributed by atoms with E-state index in [1.54, 1.807) is 0 Å². The van der Waals surface area contributed by atoms with Crippen LogP contribution in [0.2, 0.25) is 0 Å². The van der Waals surface area contributed by atoms with Crippen molar-refractivity contribution in [3.05, 3.63) is 30.5 Å². The Bertz CT molecular complexity index is 540. The molecule has 0 amide bonds. The topological polar surface area (TPSA) is 55.6 Å². The first-order valence-electron chi connectivity index (χ1n) is 7.39. The van der Waals surface area contributed by atoms with Crippen LogP contribution in [0.4, 0.5) is 0 Å². The Balaban J connectivity index is 1.68. The Labute approximate surface area is 119 Å². The summed E-state index contributed by atoms with van der Waals surface area (Å²) >= 11 is 0. The van der Waals surface area contributed by atoms with Crippen LogP contribution in [0.3, 0.4) is 0 Å². The largest absolute Gasteiger partial charge is 0.316 e. The molecule has 0 aliphatic carbocycles. The number of hydrogen-bond acceptors (Lipinski definition) is 4. The molecule has 0 aromatic carbocycles. The SMILES string of the molecule is CCCn1cc(-c2cnc(CC3CCNC3)cn2)cn1. The van der Waals surface area contributed by atoms with Crippen LogP contribution in [-0.4, -0.2) is 32.8 Å². The number of nitrogens with zero attached hydrogens (tertiary/aromatic N) is 4. The molecule has 106 valence electrons. The van der Waals surface area contributed by atoms with Gasteiger partial charge in [0.05, 0.1) is 23.8 Å². The van der Waals surface area contributed by atoms with E-state index in [9.17, 15) is 0 Å². The Kier molecular flexibility index (Phi) is 4.06. The summed E-state index contributed by atoms with van der Waals surface area (Å²) in [6.45, 7) is 5.33. The van der Waals surface area contributed by atoms with Crippen molar-refractivity contribution in [2.75, 3.05) is 13.1 Å². The normalized spacial score (nSPS) is 18.6. The maximum absolute atomic E-state index is 4.55. The number of hydrogen-bond donors (Lipinski definition) is 1. The molecule has 0 saturated carbocycles. The lowest BCUT2D eigenvalue weighted by Gasteiger charge is -2.07. The molecule has 3 heterocycles. The Morgan fingerprint density at radius 2 is 2.25 bits per heavy atom. The molecule has 1 N–H and O–H groups in total. The van der Waals surface area contributed by atoms with Gasteiger partial charge in [-0.15, -0.1) is 0 Å². The van der Waals surface area contributed by atoms with E-state index in [2.05, 4.69) is 27.3 Å². The Morgan fingerprint density at radius 1 is 1.30 bits per heavy atom. The third-order valence-electron chi connectivity index (χ3n) is 3.75. The summed E-state index contributed by atoms with van der Waals surface area (Å²) < 4.78 is 1.95. The van der Waals surface area contributed by atoms with Gasteiger partial charge in [0.2, 0.25) is 0 Å². The zero-order valence-electron chi connectivity index (χ0n) is 11.9. The van der Waals surface area contributed by atoms with Crippen LogP contribution in [0.25, 0.3) is 11.3 Å². The minimum absolute atomic E-state index is 0.711. The molecule has 0 radical (unpaired) electrons. The number of aryl methyl sites for hydroxylation is 1. The van der Waals surface area contributed by atoms with Gasteiger partial charge in [0.25, 0.3) is 0 Å². The van der Waals surface area contributed by atoms with Gasteiger partial charge in [-0.25, -0.2) is 0 Å². The third-order valence-corrected chi connectivity index (χ3v) is 3.75. The monoisotopic (exact) mass is 271 g/mol. The summed E-state index contributed by atoms with van der Waals surface area (Å²) in [7, 11) is 0. The maximum Gasteiger partial charge on any atom is 0.0916 e. The molecule has 2 aromatic heterocycles. The molecule has 1 unspecified atom stereocenters. The molecule has 1 aliphatic heterocycles. The lowest BCUT2D eigenvalue weighted by atomic mass is 10.0. The van der Waals surface area contributed by atoms with E-state index in [1.165, 1.54) is 6.42 Å². The van der Waals surface area contributed by atoms with Crippen LogP contribution < -0.4 is 5.32 Å². The molecule has 5 nitrogen and oxygen atoms in total. The first kappa shape index (κ1) is 13.2.